The van der Waals surface area contributed by atoms with E-state index < -0.39 is 5.91 Å². The quantitative estimate of drug-likeness (QED) is 0.693. The number of thiophene rings is 1. The van der Waals surface area contributed by atoms with Gasteiger partial charge in [-0.3, -0.25) is 9.59 Å². The molecule has 2 amide bonds. The molecule has 2 heterocycles. The summed E-state index contributed by atoms with van der Waals surface area (Å²) in [5.41, 5.74) is 7.37. The number of anilines is 1. The normalized spacial score (nSPS) is 10.4. The van der Waals surface area contributed by atoms with Crippen LogP contribution >= 0.6 is 22.7 Å². The van der Waals surface area contributed by atoms with Gasteiger partial charge in [0.25, 0.3) is 11.8 Å². The molecule has 3 rings (SSSR count). The summed E-state index contributed by atoms with van der Waals surface area (Å²) in [5.74, 6) is -0.243. The minimum Gasteiger partial charge on any atom is -0.484 e. The first-order valence-electron chi connectivity index (χ1n) is 7.35. The molecule has 8 heteroatoms. The Morgan fingerprint density at radius 3 is 2.64 bits per heavy atom. The molecule has 0 saturated carbocycles. The van der Waals surface area contributed by atoms with Crippen molar-refractivity contribution in [3.8, 4) is 16.3 Å². The Hall–Kier alpha value is -2.71. The van der Waals surface area contributed by atoms with E-state index in [1.165, 1.54) is 11.3 Å². The molecule has 1 aromatic carbocycles. The van der Waals surface area contributed by atoms with E-state index in [-0.39, 0.29) is 12.5 Å². The number of nitrogens with two attached hydrogens (primary N) is 1. The maximum atomic E-state index is 12.5. The van der Waals surface area contributed by atoms with Gasteiger partial charge < -0.3 is 15.8 Å². The van der Waals surface area contributed by atoms with Crippen molar-refractivity contribution in [2.45, 2.75) is 6.92 Å². The van der Waals surface area contributed by atoms with Crippen LogP contribution in [0.2, 0.25) is 0 Å². The van der Waals surface area contributed by atoms with Crippen LogP contribution in [0.25, 0.3) is 10.6 Å². The highest BCUT2D eigenvalue weighted by molar-refractivity contribution is 7.17. The van der Waals surface area contributed by atoms with E-state index in [2.05, 4.69) is 10.3 Å². The maximum Gasteiger partial charge on any atom is 0.267 e. The largest absolute Gasteiger partial charge is 0.484 e. The van der Waals surface area contributed by atoms with E-state index >= 15 is 0 Å². The number of aryl methyl sites for hydroxylation is 1. The smallest absolute Gasteiger partial charge is 0.267 e. The van der Waals surface area contributed by atoms with Crippen LogP contribution in [0.3, 0.4) is 0 Å². The molecule has 3 aromatic rings. The van der Waals surface area contributed by atoms with Crippen LogP contribution in [0, 0.1) is 6.92 Å². The predicted octanol–water partition coefficient (Wildman–Crippen LogP) is 3.30. The van der Waals surface area contributed by atoms with Crippen LogP contribution in [-0.2, 0) is 4.79 Å². The average molecular weight is 373 g/mol. The molecule has 0 atom stereocenters. The van der Waals surface area contributed by atoms with Crippen molar-refractivity contribution in [1.29, 1.82) is 0 Å². The summed E-state index contributed by atoms with van der Waals surface area (Å²) >= 11 is 2.96. The van der Waals surface area contributed by atoms with Gasteiger partial charge in [0.05, 0.1) is 5.69 Å². The summed E-state index contributed by atoms with van der Waals surface area (Å²) in [4.78, 5) is 28.2. The van der Waals surface area contributed by atoms with E-state index in [1.807, 2.05) is 23.8 Å². The van der Waals surface area contributed by atoms with Crippen molar-refractivity contribution in [2.75, 3.05) is 11.9 Å². The minimum absolute atomic E-state index is 0.183. The molecular weight excluding hydrogens is 358 g/mol. The minimum atomic E-state index is -0.542. The van der Waals surface area contributed by atoms with Crippen LogP contribution < -0.4 is 15.8 Å². The van der Waals surface area contributed by atoms with Crippen molar-refractivity contribution in [2.24, 2.45) is 5.73 Å². The molecule has 0 bridgehead atoms. The van der Waals surface area contributed by atoms with Gasteiger partial charge in [-0.15, -0.1) is 11.3 Å². The Labute approximate surface area is 152 Å². The zero-order valence-electron chi connectivity index (χ0n) is 13.3. The summed E-state index contributed by atoms with van der Waals surface area (Å²) in [6, 6.07) is 8.70. The van der Waals surface area contributed by atoms with Crippen LogP contribution in [-0.4, -0.2) is 23.4 Å². The van der Waals surface area contributed by atoms with Gasteiger partial charge in [-0.25, -0.2) is 4.98 Å². The van der Waals surface area contributed by atoms with Crippen LogP contribution in [0.15, 0.2) is 41.1 Å². The zero-order valence-corrected chi connectivity index (χ0v) is 14.9. The number of aromatic nitrogens is 1. The van der Waals surface area contributed by atoms with Crippen LogP contribution in [0.4, 0.5) is 5.69 Å². The van der Waals surface area contributed by atoms with Crippen molar-refractivity contribution in [1.82, 2.24) is 4.98 Å². The summed E-state index contributed by atoms with van der Waals surface area (Å²) in [6.07, 6.45) is 0. The van der Waals surface area contributed by atoms with Gasteiger partial charge in [-0.05, 0) is 42.6 Å². The van der Waals surface area contributed by atoms with Gasteiger partial charge in [0.15, 0.2) is 6.61 Å². The molecule has 0 unspecified atom stereocenters. The number of benzene rings is 1. The molecule has 0 fully saturated rings. The van der Waals surface area contributed by atoms with E-state index in [0.717, 1.165) is 10.6 Å². The number of hydrogen-bond donors (Lipinski definition) is 2. The highest BCUT2D eigenvalue weighted by Gasteiger charge is 2.16. The number of primary amides is 1. The lowest BCUT2D eigenvalue weighted by Crippen LogP contribution is -2.20. The van der Waals surface area contributed by atoms with Crippen molar-refractivity contribution < 1.29 is 14.3 Å². The second-order valence-corrected chi connectivity index (χ2v) is 6.96. The maximum absolute atomic E-state index is 12.5. The number of ether oxygens (including phenoxy) is 1. The highest BCUT2D eigenvalue weighted by Crippen LogP contribution is 2.30. The second-order valence-electron chi connectivity index (χ2n) is 5.18. The molecule has 128 valence electrons. The standard InChI is InChI=1S/C17H15N3O3S2/c1-10-15(25-17(19-10)11-6-7-24-9-11)16(22)20-12-2-4-13(5-3-12)23-8-14(18)21/h2-7,9H,8H2,1H3,(H2,18,21)(H,20,22). The van der Waals surface area contributed by atoms with E-state index in [0.29, 0.717) is 22.0 Å². The molecule has 25 heavy (non-hydrogen) atoms. The number of carbonyl (C=O) groups excluding carboxylic acids is 2. The van der Waals surface area contributed by atoms with Gasteiger partial charge in [0.2, 0.25) is 0 Å². The predicted molar refractivity (Wildman–Crippen MR) is 99.2 cm³/mol. The summed E-state index contributed by atoms with van der Waals surface area (Å²) in [7, 11) is 0. The fourth-order valence-electron chi connectivity index (χ4n) is 2.09. The van der Waals surface area contributed by atoms with Crippen LogP contribution in [0.1, 0.15) is 15.4 Å². The highest BCUT2D eigenvalue weighted by atomic mass is 32.1. The molecule has 2 aromatic heterocycles. The van der Waals surface area contributed by atoms with Gasteiger partial charge >= 0.3 is 0 Å². The number of hydrogen-bond acceptors (Lipinski definition) is 6. The Morgan fingerprint density at radius 1 is 1.24 bits per heavy atom. The van der Waals surface area contributed by atoms with E-state index in [9.17, 15) is 9.59 Å². The lowest BCUT2D eigenvalue weighted by atomic mass is 10.3. The first kappa shape index (κ1) is 17.1. The number of amides is 2. The Balaban J connectivity index is 1.69. The summed E-state index contributed by atoms with van der Waals surface area (Å²) < 4.78 is 5.18. The second kappa shape index (κ2) is 7.45. The third kappa shape index (κ3) is 4.23. The van der Waals surface area contributed by atoms with E-state index in [4.69, 9.17) is 10.5 Å². The molecule has 0 spiro atoms. The molecule has 0 aliphatic heterocycles. The van der Waals surface area contributed by atoms with Gasteiger partial charge in [0.1, 0.15) is 15.6 Å². The SMILES string of the molecule is Cc1nc(-c2ccsc2)sc1C(=O)Nc1ccc(OCC(N)=O)cc1. The van der Waals surface area contributed by atoms with E-state index in [1.54, 1.807) is 35.6 Å². The first-order valence-corrected chi connectivity index (χ1v) is 9.11. The lowest BCUT2D eigenvalue weighted by molar-refractivity contribution is -0.119. The average Bonchev–Trinajstić information content (AvgIpc) is 3.23. The molecular formula is C17H15N3O3S2. The first-order chi connectivity index (χ1) is 12.0. The monoisotopic (exact) mass is 373 g/mol. The molecule has 0 aliphatic rings. The summed E-state index contributed by atoms with van der Waals surface area (Å²) in [5, 5.41) is 7.65. The van der Waals surface area contributed by atoms with Gasteiger partial charge in [-0.2, -0.15) is 11.3 Å². The third-order valence-electron chi connectivity index (χ3n) is 3.26. The number of thiazole rings is 1. The molecule has 0 radical (unpaired) electrons. The third-order valence-corrected chi connectivity index (χ3v) is 5.15. The number of nitrogens with one attached hydrogen (secondary N) is 1. The fraction of sp³-hybridized carbons (Fsp3) is 0.118. The molecule has 0 saturated heterocycles. The number of rotatable bonds is 6. The Morgan fingerprint density at radius 2 is 2.00 bits per heavy atom. The molecule has 0 aliphatic carbocycles. The van der Waals surface area contributed by atoms with Crippen molar-refractivity contribution in [3.05, 3.63) is 51.7 Å². The van der Waals surface area contributed by atoms with Crippen molar-refractivity contribution in [3.63, 3.8) is 0 Å². The van der Waals surface area contributed by atoms with Crippen LogP contribution in [0.5, 0.6) is 5.75 Å². The van der Waals surface area contributed by atoms with Crippen molar-refractivity contribution >= 4 is 40.2 Å². The molecule has 6 nitrogen and oxygen atoms in total. The Kier molecular flexibility index (Phi) is 5.11. The summed E-state index contributed by atoms with van der Waals surface area (Å²) in [6.45, 7) is 1.64. The number of carbonyl (C=O) groups is 2. The fourth-order valence-corrected chi connectivity index (χ4v) is 3.77. The van der Waals surface area contributed by atoms with Gasteiger partial charge in [0, 0.05) is 16.6 Å². The zero-order chi connectivity index (χ0) is 17.8. The Bertz CT molecular complexity index is 887. The topological polar surface area (TPSA) is 94.3 Å². The van der Waals surface area contributed by atoms with Gasteiger partial charge in [-0.1, -0.05) is 0 Å². The molecule has 3 N–H and O–H groups in total. The number of nitrogens with zero attached hydrogens (tertiary/aromatic N) is 1. The lowest BCUT2D eigenvalue weighted by Gasteiger charge is -2.06.